The monoisotopic (exact) mass is 263 g/mol. The summed E-state index contributed by atoms with van der Waals surface area (Å²) < 4.78 is 2.29. The van der Waals surface area contributed by atoms with Crippen molar-refractivity contribution in [3.05, 3.63) is 29.0 Å². The Balaban J connectivity index is 2.01. The maximum Gasteiger partial charge on any atom is 0.124 e. The zero-order valence-electron chi connectivity index (χ0n) is 10.8. The minimum atomic E-state index is 0.409. The lowest BCUT2D eigenvalue weighted by Gasteiger charge is -2.13. The van der Waals surface area contributed by atoms with Crippen LogP contribution in [-0.2, 0) is 6.54 Å². The Hall–Kier alpha value is -1.06. The third-order valence-corrected chi connectivity index (χ3v) is 3.60. The quantitative estimate of drug-likeness (QED) is 0.915. The van der Waals surface area contributed by atoms with Crippen LogP contribution >= 0.6 is 11.6 Å². The number of rotatable bonds is 4. The van der Waals surface area contributed by atoms with Crippen LogP contribution in [0.15, 0.2) is 18.2 Å². The molecule has 96 valence electrons. The van der Waals surface area contributed by atoms with Crippen molar-refractivity contribution in [2.45, 2.75) is 45.3 Å². The van der Waals surface area contributed by atoms with E-state index in [0.29, 0.717) is 12.1 Å². The SMILES string of the molecule is CC(C)n1c(CNC2CC2)nc2cc(Cl)ccc21. The highest BCUT2D eigenvalue weighted by atomic mass is 35.5. The maximum absolute atomic E-state index is 6.03. The van der Waals surface area contributed by atoms with Gasteiger partial charge in [-0.2, -0.15) is 0 Å². The first-order valence-corrected chi connectivity index (χ1v) is 6.92. The van der Waals surface area contributed by atoms with Crippen LogP contribution in [0.1, 0.15) is 38.6 Å². The van der Waals surface area contributed by atoms with Crippen molar-refractivity contribution >= 4 is 22.6 Å². The average molecular weight is 264 g/mol. The van der Waals surface area contributed by atoms with Crippen molar-refractivity contribution in [2.24, 2.45) is 0 Å². The molecule has 0 bridgehead atoms. The fraction of sp³-hybridized carbons (Fsp3) is 0.500. The molecule has 0 aliphatic heterocycles. The van der Waals surface area contributed by atoms with Crippen LogP contribution in [0.3, 0.4) is 0 Å². The number of aromatic nitrogens is 2. The van der Waals surface area contributed by atoms with Gasteiger partial charge in [-0.05, 0) is 44.9 Å². The van der Waals surface area contributed by atoms with Crippen LogP contribution in [0.4, 0.5) is 0 Å². The second-order valence-corrected chi connectivity index (χ2v) is 5.72. The molecule has 1 N–H and O–H groups in total. The first-order valence-electron chi connectivity index (χ1n) is 6.55. The van der Waals surface area contributed by atoms with Crippen molar-refractivity contribution in [1.82, 2.24) is 14.9 Å². The van der Waals surface area contributed by atoms with E-state index < -0.39 is 0 Å². The van der Waals surface area contributed by atoms with Crippen LogP contribution in [0.25, 0.3) is 11.0 Å². The van der Waals surface area contributed by atoms with E-state index in [4.69, 9.17) is 16.6 Å². The molecule has 3 rings (SSSR count). The Kier molecular flexibility index (Phi) is 3.04. The van der Waals surface area contributed by atoms with Crippen LogP contribution in [0.2, 0.25) is 5.02 Å². The molecule has 0 radical (unpaired) electrons. The third-order valence-electron chi connectivity index (χ3n) is 3.37. The van der Waals surface area contributed by atoms with Crippen molar-refractivity contribution in [2.75, 3.05) is 0 Å². The summed E-state index contributed by atoms with van der Waals surface area (Å²) in [4.78, 5) is 4.71. The van der Waals surface area contributed by atoms with Gasteiger partial charge in [-0.15, -0.1) is 0 Å². The molecule has 1 heterocycles. The topological polar surface area (TPSA) is 29.9 Å². The van der Waals surface area contributed by atoms with Gasteiger partial charge in [-0.3, -0.25) is 0 Å². The summed E-state index contributed by atoms with van der Waals surface area (Å²) in [7, 11) is 0. The Bertz CT molecular complexity index is 570. The standard InChI is InChI=1S/C14H18ClN3/c1-9(2)18-13-6-3-10(15)7-12(13)17-14(18)8-16-11-4-5-11/h3,6-7,9,11,16H,4-5,8H2,1-2H3. The number of nitrogens with zero attached hydrogens (tertiary/aromatic N) is 2. The minimum Gasteiger partial charge on any atom is -0.324 e. The molecule has 1 aliphatic rings. The molecular formula is C14H18ClN3. The van der Waals surface area contributed by atoms with Crippen LogP contribution in [0, 0.1) is 0 Å². The maximum atomic E-state index is 6.03. The first kappa shape index (κ1) is 12.0. The predicted octanol–water partition coefficient (Wildman–Crippen LogP) is 3.52. The van der Waals surface area contributed by atoms with Gasteiger partial charge in [0.15, 0.2) is 0 Å². The molecule has 3 nitrogen and oxygen atoms in total. The summed E-state index contributed by atoms with van der Waals surface area (Å²) in [6.07, 6.45) is 2.60. The summed E-state index contributed by atoms with van der Waals surface area (Å²) in [5.74, 6) is 1.11. The minimum absolute atomic E-state index is 0.409. The highest BCUT2D eigenvalue weighted by Crippen LogP contribution is 2.25. The van der Waals surface area contributed by atoms with Crippen molar-refractivity contribution in [3.8, 4) is 0 Å². The molecule has 1 saturated carbocycles. The molecule has 1 aliphatic carbocycles. The molecule has 1 fully saturated rings. The van der Waals surface area contributed by atoms with E-state index in [0.717, 1.165) is 22.9 Å². The number of benzene rings is 1. The zero-order valence-corrected chi connectivity index (χ0v) is 11.5. The second kappa shape index (κ2) is 4.56. The van der Waals surface area contributed by atoms with E-state index in [2.05, 4.69) is 29.8 Å². The largest absolute Gasteiger partial charge is 0.324 e. The van der Waals surface area contributed by atoms with Gasteiger partial charge >= 0.3 is 0 Å². The van der Waals surface area contributed by atoms with Gasteiger partial charge in [0, 0.05) is 17.1 Å². The summed E-state index contributed by atoms with van der Waals surface area (Å²) in [5, 5.41) is 4.28. The van der Waals surface area contributed by atoms with E-state index in [-0.39, 0.29) is 0 Å². The van der Waals surface area contributed by atoms with E-state index in [1.807, 2.05) is 12.1 Å². The number of hydrogen-bond acceptors (Lipinski definition) is 2. The normalized spacial score (nSPS) is 15.8. The second-order valence-electron chi connectivity index (χ2n) is 5.28. The van der Waals surface area contributed by atoms with Gasteiger partial charge in [0.2, 0.25) is 0 Å². The highest BCUT2D eigenvalue weighted by molar-refractivity contribution is 6.31. The molecule has 2 aromatic rings. The summed E-state index contributed by atoms with van der Waals surface area (Å²) in [6, 6.07) is 7.05. The van der Waals surface area contributed by atoms with E-state index in [1.165, 1.54) is 18.4 Å². The predicted molar refractivity (Wildman–Crippen MR) is 75.0 cm³/mol. The summed E-state index contributed by atoms with van der Waals surface area (Å²) in [6.45, 7) is 5.22. The zero-order chi connectivity index (χ0) is 12.7. The Labute approximate surface area is 112 Å². The van der Waals surface area contributed by atoms with Gasteiger partial charge < -0.3 is 9.88 Å². The molecule has 0 spiro atoms. The molecule has 0 amide bonds. The van der Waals surface area contributed by atoms with Gasteiger partial charge in [0.1, 0.15) is 5.82 Å². The molecule has 0 atom stereocenters. The van der Waals surface area contributed by atoms with Crippen molar-refractivity contribution < 1.29 is 0 Å². The van der Waals surface area contributed by atoms with Crippen LogP contribution in [0.5, 0.6) is 0 Å². The summed E-state index contributed by atoms with van der Waals surface area (Å²) >= 11 is 6.03. The molecular weight excluding hydrogens is 246 g/mol. The van der Waals surface area contributed by atoms with Crippen LogP contribution < -0.4 is 5.32 Å². The van der Waals surface area contributed by atoms with E-state index >= 15 is 0 Å². The van der Waals surface area contributed by atoms with Gasteiger partial charge in [0.05, 0.1) is 17.6 Å². The van der Waals surface area contributed by atoms with Gasteiger partial charge in [-0.25, -0.2) is 4.98 Å². The lowest BCUT2D eigenvalue weighted by molar-refractivity contribution is 0.553. The molecule has 0 saturated heterocycles. The first-order chi connectivity index (χ1) is 8.65. The number of halogens is 1. The number of nitrogens with one attached hydrogen (secondary N) is 1. The van der Waals surface area contributed by atoms with E-state index in [9.17, 15) is 0 Å². The Morgan fingerprint density at radius 1 is 1.44 bits per heavy atom. The van der Waals surface area contributed by atoms with Crippen molar-refractivity contribution in [1.29, 1.82) is 0 Å². The Morgan fingerprint density at radius 3 is 2.89 bits per heavy atom. The number of fused-ring (bicyclic) bond motifs is 1. The molecule has 1 aromatic carbocycles. The fourth-order valence-corrected chi connectivity index (χ4v) is 2.51. The smallest absolute Gasteiger partial charge is 0.124 e. The number of hydrogen-bond donors (Lipinski definition) is 1. The lowest BCUT2D eigenvalue weighted by Crippen LogP contribution is -2.19. The molecule has 1 aromatic heterocycles. The summed E-state index contributed by atoms with van der Waals surface area (Å²) in [5.41, 5.74) is 2.16. The van der Waals surface area contributed by atoms with Crippen molar-refractivity contribution in [3.63, 3.8) is 0 Å². The molecule has 4 heteroatoms. The number of imidazole rings is 1. The molecule has 18 heavy (non-hydrogen) atoms. The Morgan fingerprint density at radius 2 is 2.22 bits per heavy atom. The lowest BCUT2D eigenvalue weighted by atomic mass is 10.3. The third kappa shape index (κ3) is 2.25. The van der Waals surface area contributed by atoms with Gasteiger partial charge in [-0.1, -0.05) is 11.6 Å². The van der Waals surface area contributed by atoms with Crippen LogP contribution in [-0.4, -0.2) is 15.6 Å². The van der Waals surface area contributed by atoms with E-state index in [1.54, 1.807) is 0 Å². The highest BCUT2D eigenvalue weighted by Gasteiger charge is 2.22. The fourth-order valence-electron chi connectivity index (χ4n) is 2.35. The van der Waals surface area contributed by atoms with Gasteiger partial charge in [0.25, 0.3) is 0 Å². The molecule has 0 unspecified atom stereocenters. The average Bonchev–Trinajstić information content (AvgIpc) is 3.06.